The second-order valence-corrected chi connectivity index (χ2v) is 6.95. The van der Waals surface area contributed by atoms with E-state index in [9.17, 15) is 0 Å². The summed E-state index contributed by atoms with van der Waals surface area (Å²) in [4.78, 5) is 18.6. The van der Waals surface area contributed by atoms with Crippen LogP contribution in [0.3, 0.4) is 0 Å². The first-order valence-corrected chi connectivity index (χ1v) is 9.78. The molecule has 0 fully saturated rings. The second kappa shape index (κ2) is 8.60. The Bertz CT molecular complexity index is 1160. The Kier molecular flexibility index (Phi) is 5.56. The van der Waals surface area contributed by atoms with E-state index in [2.05, 4.69) is 42.7 Å². The van der Waals surface area contributed by atoms with E-state index in [-0.39, 0.29) is 0 Å². The molecule has 3 N–H and O–H groups in total. The SMILES string of the molecule is CCN(C)c1nc(N/N=C/c2c[nH]c3ccccc23)nc(Nc2ccc(C)cc2)n1. The number of aromatic nitrogens is 4. The smallest absolute Gasteiger partial charge is 0.250 e. The fourth-order valence-electron chi connectivity index (χ4n) is 2.91. The number of para-hydroxylation sites is 1. The number of nitrogens with one attached hydrogen (secondary N) is 3. The highest BCUT2D eigenvalue weighted by atomic mass is 15.4. The van der Waals surface area contributed by atoms with Crippen molar-refractivity contribution in [2.75, 3.05) is 29.2 Å². The largest absolute Gasteiger partial charge is 0.361 e. The lowest BCUT2D eigenvalue weighted by Crippen LogP contribution is -2.20. The van der Waals surface area contributed by atoms with Gasteiger partial charge in [0.25, 0.3) is 0 Å². The Labute approximate surface area is 175 Å². The van der Waals surface area contributed by atoms with Gasteiger partial charge in [0.15, 0.2) is 0 Å². The Hall–Kier alpha value is -3.94. The number of hydrogen-bond donors (Lipinski definition) is 3. The molecule has 4 rings (SSSR count). The number of benzene rings is 2. The van der Waals surface area contributed by atoms with Crippen molar-refractivity contribution in [1.82, 2.24) is 19.9 Å². The van der Waals surface area contributed by atoms with Crippen LogP contribution in [0, 0.1) is 6.92 Å². The van der Waals surface area contributed by atoms with Gasteiger partial charge in [-0.25, -0.2) is 5.43 Å². The predicted octanol–water partition coefficient (Wildman–Crippen LogP) is 4.31. The van der Waals surface area contributed by atoms with Crippen molar-refractivity contribution in [3.05, 3.63) is 65.9 Å². The standard InChI is InChI=1S/C22H24N8/c1-4-30(3)22-27-20(25-17-11-9-15(2)10-12-17)26-21(28-22)29-24-14-16-13-23-19-8-6-5-7-18(16)19/h5-14,23H,4H2,1-3H3,(H2,25,26,27,28,29)/b24-14+. The first-order valence-electron chi connectivity index (χ1n) is 9.78. The fraction of sp³-hybridized carbons (Fsp3) is 0.182. The molecule has 0 aliphatic heterocycles. The van der Waals surface area contributed by atoms with Crippen molar-refractivity contribution in [3.8, 4) is 0 Å². The first-order chi connectivity index (χ1) is 14.6. The van der Waals surface area contributed by atoms with E-state index in [1.807, 2.05) is 73.6 Å². The minimum absolute atomic E-state index is 0.367. The van der Waals surface area contributed by atoms with Crippen LogP contribution in [0.5, 0.6) is 0 Å². The Morgan fingerprint density at radius 1 is 1.03 bits per heavy atom. The highest BCUT2D eigenvalue weighted by Crippen LogP contribution is 2.18. The fourth-order valence-corrected chi connectivity index (χ4v) is 2.91. The maximum Gasteiger partial charge on any atom is 0.250 e. The first kappa shape index (κ1) is 19.4. The summed E-state index contributed by atoms with van der Waals surface area (Å²) in [5.74, 6) is 1.38. The topological polar surface area (TPSA) is 94.1 Å². The Balaban J connectivity index is 1.57. The van der Waals surface area contributed by atoms with Crippen molar-refractivity contribution < 1.29 is 0 Å². The van der Waals surface area contributed by atoms with Crippen LogP contribution >= 0.6 is 0 Å². The van der Waals surface area contributed by atoms with Gasteiger partial charge < -0.3 is 15.2 Å². The van der Waals surface area contributed by atoms with Crippen LogP contribution < -0.4 is 15.6 Å². The molecule has 4 aromatic rings. The molecule has 2 aromatic heterocycles. The third kappa shape index (κ3) is 4.38. The van der Waals surface area contributed by atoms with Gasteiger partial charge in [0.05, 0.1) is 6.21 Å². The monoisotopic (exact) mass is 400 g/mol. The molecule has 30 heavy (non-hydrogen) atoms. The number of nitrogens with zero attached hydrogens (tertiary/aromatic N) is 5. The van der Waals surface area contributed by atoms with Gasteiger partial charge in [-0.15, -0.1) is 0 Å². The predicted molar refractivity (Wildman–Crippen MR) is 123 cm³/mol. The summed E-state index contributed by atoms with van der Waals surface area (Å²) < 4.78 is 0. The van der Waals surface area contributed by atoms with Gasteiger partial charge in [0.2, 0.25) is 17.8 Å². The molecule has 0 spiro atoms. The highest BCUT2D eigenvalue weighted by Gasteiger charge is 2.10. The van der Waals surface area contributed by atoms with Crippen molar-refractivity contribution in [2.24, 2.45) is 5.10 Å². The summed E-state index contributed by atoms with van der Waals surface area (Å²) >= 11 is 0. The van der Waals surface area contributed by atoms with Crippen LogP contribution in [0.2, 0.25) is 0 Å². The van der Waals surface area contributed by atoms with Crippen molar-refractivity contribution >= 4 is 40.6 Å². The van der Waals surface area contributed by atoms with E-state index in [0.29, 0.717) is 17.8 Å². The molecule has 0 saturated carbocycles. The zero-order chi connectivity index (χ0) is 20.9. The van der Waals surface area contributed by atoms with Gasteiger partial charge >= 0.3 is 0 Å². The number of fused-ring (bicyclic) bond motifs is 1. The van der Waals surface area contributed by atoms with E-state index in [1.54, 1.807) is 6.21 Å². The van der Waals surface area contributed by atoms with Crippen LogP contribution in [0.15, 0.2) is 59.8 Å². The lowest BCUT2D eigenvalue weighted by molar-refractivity contribution is 0.886. The number of H-pyrrole nitrogens is 1. The van der Waals surface area contributed by atoms with Gasteiger partial charge in [-0.1, -0.05) is 35.9 Å². The van der Waals surface area contributed by atoms with Gasteiger partial charge in [0, 0.05) is 41.9 Å². The minimum atomic E-state index is 0.367. The molecule has 8 heteroatoms. The summed E-state index contributed by atoms with van der Waals surface area (Å²) in [7, 11) is 1.93. The van der Waals surface area contributed by atoms with E-state index >= 15 is 0 Å². The van der Waals surface area contributed by atoms with Crippen LogP contribution in [-0.4, -0.2) is 39.7 Å². The quantitative estimate of drug-likeness (QED) is 0.316. The lowest BCUT2D eigenvalue weighted by Gasteiger charge is -2.16. The normalized spacial score (nSPS) is 11.2. The zero-order valence-electron chi connectivity index (χ0n) is 17.2. The molecule has 0 radical (unpaired) electrons. The van der Waals surface area contributed by atoms with Crippen LogP contribution in [0.1, 0.15) is 18.1 Å². The molecular weight excluding hydrogens is 376 g/mol. The number of rotatable bonds is 7. The molecule has 8 nitrogen and oxygen atoms in total. The van der Waals surface area contributed by atoms with Crippen molar-refractivity contribution in [2.45, 2.75) is 13.8 Å². The Morgan fingerprint density at radius 2 is 1.80 bits per heavy atom. The van der Waals surface area contributed by atoms with Crippen molar-refractivity contribution in [3.63, 3.8) is 0 Å². The molecule has 0 saturated heterocycles. The summed E-state index contributed by atoms with van der Waals surface area (Å²) in [6.45, 7) is 4.86. The molecule has 0 unspecified atom stereocenters. The van der Waals surface area contributed by atoms with Crippen LogP contribution in [-0.2, 0) is 0 Å². The van der Waals surface area contributed by atoms with Crippen LogP contribution in [0.25, 0.3) is 10.9 Å². The molecule has 2 heterocycles. The Morgan fingerprint density at radius 3 is 2.60 bits per heavy atom. The maximum atomic E-state index is 4.52. The third-order valence-corrected chi connectivity index (χ3v) is 4.74. The van der Waals surface area contributed by atoms with E-state index in [4.69, 9.17) is 0 Å². The average molecular weight is 400 g/mol. The van der Waals surface area contributed by atoms with Gasteiger partial charge in [0.1, 0.15) is 0 Å². The molecule has 2 aromatic carbocycles. The zero-order valence-corrected chi connectivity index (χ0v) is 17.2. The summed E-state index contributed by atoms with van der Waals surface area (Å²) in [6.07, 6.45) is 3.67. The molecule has 0 aliphatic carbocycles. The van der Waals surface area contributed by atoms with Crippen LogP contribution in [0.4, 0.5) is 23.5 Å². The van der Waals surface area contributed by atoms with Gasteiger partial charge in [-0.05, 0) is 32.0 Å². The number of hydrazone groups is 1. The average Bonchev–Trinajstić information content (AvgIpc) is 3.18. The molecule has 0 aliphatic rings. The van der Waals surface area contributed by atoms with E-state index < -0.39 is 0 Å². The maximum absolute atomic E-state index is 4.52. The second-order valence-electron chi connectivity index (χ2n) is 6.95. The lowest BCUT2D eigenvalue weighted by atomic mass is 10.2. The number of anilines is 4. The minimum Gasteiger partial charge on any atom is -0.361 e. The number of aromatic amines is 1. The molecule has 0 amide bonds. The molecular formula is C22H24N8. The van der Waals surface area contributed by atoms with Gasteiger partial charge in [-0.3, -0.25) is 0 Å². The van der Waals surface area contributed by atoms with E-state index in [1.165, 1.54) is 5.56 Å². The number of hydrogen-bond acceptors (Lipinski definition) is 7. The summed E-state index contributed by atoms with van der Waals surface area (Å²) in [5, 5.41) is 8.66. The molecule has 0 atom stereocenters. The van der Waals surface area contributed by atoms with Gasteiger partial charge in [-0.2, -0.15) is 20.1 Å². The highest BCUT2D eigenvalue weighted by molar-refractivity contribution is 5.99. The third-order valence-electron chi connectivity index (χ3n) is 4.74. The summed E-state index contributed by atoms with van der Waals surface area (Å²) in [6, 6.07) is 16.1. The van der Waals surface area contributed by atoms with E-state index in [0.717, 1.165) is 28.7 Å². The molecule has 0 bridgehead atoms. The van der Waals surface area contributed by atoms with Crippen molar-refractivity contribution in [1.29, 1.82) is 0 Å². The number of aryl methyl sites for hydroxylation is 1. The molecule has 152 valence electrons. The summed E-state index contributed by atoms with van der Waals surface area (Å²) in [5.41, 5.74) is 7.08.